The average Bonchev–Trinajstić information content (AvgIpc) is 2.62. The molecule has 1 heterocycles. The first-order valence-corrected chi connectivity index (χ1v) is 5.36. The zero-order valence-electron chi connectivity index (χ0n) is 7.97. The predicted molar refractivity (Wildman–Crippen MR) is 62.8 cm³/mol. The van der Waals surface area contributed by atoms with E-state index in [0.29, 0.717) is 0 Å². The molecule has 3 nitrogen and oxygen atoms in total. The number of benzene rings is 1. The zero-order valence-corrected chi connectivity index (χ0v) is 9.56. The number of rotatable bonds is 1. The lowest BCUT2D eigenvalue weighted by Crippen LogP contribution is -2.26. The van der Waals surface area contributed by atoms with Gasteiger partial charge in [-0.2, -0.15) is 0 Å². The maximum atomic E-state index is 4.27. The van der Waals surface area contributed by atoms with Gasteiger partial charge in [-0.25, -0.2) is 0 Å². The summed E-state index contributed by atoms with van der Waals surface area (Å²) in [6.07, 6.45) is 0. The molecule has 0 saturated carbocycles. The van der Waals surface area contributed by atoms with Crippen molar-refractivity contribution in [1.82, 2.24) is 5.32 Å². The Balaban J connectivity index is 2.16. The van der Waals surface area contributed by atoms with Crippen LogP contribution in [-0.2, 0) is 0 Å². The van der Waals surface area contributed by atoms with Gasteiger partial charge in [0.05, 0.1) is 12.2 Å². The van der Waals surface area contributed by atoms with Crippen molar-refractivity contribution in [3.63, 3.8) is 0 Å². The highest BCUT2D eigenvalue weighted by Gasteiger charge is 2.06. The molecule has 0 saturated heterocycles. The molecule has 4 heteroatoms. The molecule has 0 amide bonds. The van der Waals surface area contributed by atoms with Gasteiger partial charge >= 0.3 is 0 Å². The summed E-state index contributed by atoms with van der Waals surface area (Å²) in [6, 6.07) is 6.20. The molecule has 1 aromatic carbocycles. The van der Waals surface area contributed by atoms with Gasteiger partial charge in [-0.1, -0.05) is 6.07 Å². The molecule has 0 aliphatic carbocycles. The first-order valence-electron chi connectivity index (χ1n) is 4.57. The number of nitrogens with zero attached hydrogens (tertiary/aromatic N) is 1. The molecular formula is C10H12BrN3. The van der Waals surface area contributed by atoms with Crippen LogP contribution in [0.3, 0.4) is 0 Å². The Bertz CT molecular complexity index is 374. The highest BCUT2D eigenvalue weighted by Crippen LogP contribution is 2.23. The molecule has 1 aliphatic heterocycles. The highest BCUT2D eigenvalue weighted by atomic mass is 79.9. The molecule has 74 valence electrons. The van der Waals surface area contributed by atoms with E-state index in [1.54, 1.807) is 0 Å². The predicted octanol–water partition coefficient (Wildman–Crippen LogP) is 2.13. The van der Waals surface area contributed by atoms with Crippen molar-refractivity contribution < 1.29 is 0 Å². The van der Waals surface area contributed by atoms with Gasteiger partial charge in [0, 0.05) is 11.0 Å². The molecule has 2 rings (SSSR count). The van der Waals surface area contributed by atoms with Crippen molar-refractivity contribution in [1.29, 1.82) is 0 Å². The van der Waals surface area contributed by atoms with Crippen LogP contribution in [-0.4, -0.2) is 19.0 Å². The van der Waals surface area contributed by atoms with Crippen molar-refractivity contribution in [2.45, 2.75) is 6.92 Å². The smallest absolute Gasteiger partial charge is 0.195 e. The third-order valence-electron chi connectivity index (χ3n) is 2.05. The highest BCUT2D eigenvalue weighted by molar-refractivity contribution is 9.10. The van der Waals surface area contributed by atoms with E-state index in [9.17, 15) is 0 Å². The van der Waals surface area contributed by atoms with Gasteiger partial charge in [0.15, 0.2) is 5.96 Å². The quantitative estimate of drug-likeness (QED) is 0.805. The molecule has 0 bridgehead atoms. The summed E-state index contributed by atoms with van der Waals surface area (Å²) in [4.78, 5) is 4.27. The van der Waals surface area contributed by atoms with Gasteiger partial charge in [-0.3, -0.25) is 4.99 Å². The van der Waals surface area contributed by atoms with Crippen LogP contribution in [0.2, 0.25) is 0 Å². The molecule has 1 aromatic rings. The lowest BCUT2D eigenvalue weighted by Gasteiger charge is -2.08. The third-order valence-corrected chi connectivity index (χ3v) is 2.71. The number of nitrogens with one attached hydrogen (secondary N) is 2. The number of halogens is 1. The van der Waals surface area contributed by atoms with Crippen molar-refractivity contribution >= 4 is 27.6 Å². The van der Waals surface area contributed by atoms with Crippen LogP contribution in [0.15, 0.2) is 27.7 Å². The molecule has 0 fully saturated rings. The van der Waals surface area contributed by atoms with E-state index in [-0.39, 0.29) is 0 Å². The summed E-state index contributed by atoms with van der Waals surface area (Å²) in [6.45, 7) is 3.84. The van der Waals surface area contributed by atoms with Crippen molar-refractivity contribution in [3.05, 3.63) is 28.2 Å². The standard InChI is InChI=1S/C10H12BrN3/c1-7-2-3-9(8(11)6-7)14-10-12-4-5-13-10/h2-3,6H,4-5H2,1H3,(H2,12,13,14). The fraction of sp³-hybridized carbons (Fsp3) is 0.300. The number of hydrogen-bond donors (Lipinski definition) is 2. The van der Waals surface area contributed by atoms with Gasteiger partial charge in [0.1, 0.15) is 0 Å². The summed E-state index contributed by atoms with van der Waals surface area (Å²) in [5.41, 5.74) is 2.28. The van der Waals surface area contributed by atoms with E-state index in [0.717, 1.165) is 29.2 Å². The van der Waals surface area contributed by atoms with Gasteiger partial charge < -0.3 is 10.6 Å². The second kappa shape index (κ2) is 4.00. The van der Waals surface area contributed by atoms with Gasteiger partial charge in [0.2, 0.25) is 0 Å². The average molecular weight is 254 g/mol. The monoisotopic (exact) mass is 253 g/mol. The molecule has 14 heavy (non-hydrogen) atoms. The van der Waals surface area contributed by atoms with Crippen molar-refractivity contribution in [2.75, 3.05) is 18.4 Å². The van der Waals surface area contributed by atoms with Gasteiger partial charge in [-0.05, 0) is 40.5 Å². The maximum absolute atomic E-state index is 4.27. The van der Waals surface area contributed by atoms with E-state index in [4.69, 9.17) is 0 Å². The van der Waals surface area contributed by atoms with E-state index in [1.807, 2.05) is 6.07 Å². The van der Waals surface area contributed by atoms with Gasteiger partial charge in [-0.15, -0.1) is 0 Å². The first kappa shape index (κ1) is 9.52. The molecular weight excluding hydrogens is 242 g/mol. The second-order valence-corrected chi connectivity index (χ2v) is 4.12. The van der Waals surface area contributed by atoms with Crippen LogP contribution >= 0.6 is 15.9 Å². The van der Waals surface area contributed by atoms with Crippen molar-refractivity contribution in [2.24, 2.45) is 4.99 Å². The van der Waals surface area contributed by atoms with Crippen LogP contribution < -0.4 is 10.6 Å². The van der Waals surface area contributed by atoms with Gasteiger partial charge in [0.25, 0.3) is 0 Å². The summed E-state index contributed by atoms with van der Waals surface area (Å²) in [5.74, 6) is 0.856. The Morgan fingerprint density at radius 1 is 1.50 bits per heavy atom. The van der Waals surface area contributed by atoms with Crippen LogP contribution in [0.25, 0.3) is 0 Å². The second-order valence-electron chi connectivity index (χ2n) is 3.27. The number of aliphatic imine (C=N–C) groups is 1. The Labute approximate surface area is 91.7 Å². The van der Waals surface area contributed by atoms with Crippen LogP contribution in [0.4, 0.5) is 5.69 Å². The van der Waals surface area contributed by atoms with Crippen molar-refractivity contribution in [3.8, 4) is 0 Å². The minimum absolute atomic E-state index is 0.853. The minimum atomic E-state index is 0.853. The largest absolute Gasteiger partial charge is 0.354 e. The number of hydrogen-bond acceptors (Lipinski definition) is 3. The topological polar surface area (TPSA) is 36.4 Å². The zero-order chi connectivity index (χ0) is 9.97. The summed E-state index contributed by atoms with van der Waals surface area (Å²) in [7, 11) is 0. The number of anilines is 1. The Morgan fingerprint density at radius 3 is 3.00 bits per heavy atom. The number of guanidine groups is 1. The van der Waals surface area contributed by atoms with Crippen LogP contribution in [0, 0.1) is 6.92 Å². The first-order chi connectivity index (χ1) is 6.75. The lowest BCUT2D eigenvalue weighted by atomic mass is 10.2. The maximum Gasteiger partial charge on any atom is 0.195 e. The SMILES string of the molecule is Cc1ccc(NC2=NCCN2)c(Br)c1. The fourth-order valence-electron chi connectivity index (χ4n) is 1.33. The van der Waals surface area contributed by atoms with E-state index in [2.05, 4.69) is 50.6 Å². The molecule has 0 aromatic heterocycles. The Hall–Kier alpha value is -1.03. The Kier molecular flexibility index (Phi) is 2.72. The molecule has 0 spiro atoms. The van der Waals surface area contributed by atoms with E-state index in [1.165, 1.54) is 5.56 Å². The Morgan fingerprint density at radius 2 is 2.36 bits per heavy atom. The van der Waals surface area contributed by atoms with E-state index < -0.39 is 0 Å². The molecule has 2 N–H and O–H groups in total. The fourth-order valence-corrected chi connectivity index (χ4v) is 1.92. The normalized spacial score (nSPS) is 14.9. The summed E-state index contributed by atoms with van der Waals surface area (Å²) in [5, 5.41) is 6.39. The lowest BCUT2D eigenvalue weighted by molar-refractivity contribution is 0.959. The molecule has 0 unspecified atom stereocenters. The van der Waals surface area contributed by atoms with E-state index >= 15 is 0 Å². The number of aryl methyl sites for hydroxylation is 1. The molecule has 0 radical (unpaired) electrons. The summed E-state index contributed by atoms with van der Waals surface area (Å²) < 4.78 is 1.06. The van der Waals surface area contributed by atoms with Crippen LogP contribution in [0.1, 0.15) is 5.56 Å². The molecule has 1 aliphatic rings. The third kappa shape index (κ3) is 2.07. The minimum Gasteiger partial charge on any atom is -0.354 e. The molecule has 0 atom stereocenters. The summed E-state index contributed by atoms with van der Waals surface area (Å²) >= 11 is 3.51. The van der Waals surface area contributed by atoms with Crippen LogP contribution in [0.5, 0.6) is 0 Å².